The molecule has 3 rings (SSSR count). The number of carbonyl (C=O) groups is 2. The van der Waals surface area contributed by atoms with Gasteiger partial charge < -0.3 is 15.4 Å². The minimum Gasteiger partial charge on any atom is -0.469 e. The zero-order chi connectivity index (χ0) is 20.3. The smallest absolute Gasteiger partial charge is 0.324 e. The van der Waals surface area contributed by atoms with Crippen molar-refractivity contribution in [3.05, 3.63) is 53.1 Å². The van der Waals surface area contributed by atoms with Crippen LogP contribution < -0.4 is 10.6 Å². The van der Waals surface area contributed by atoms with Crippen LogP contribution in [0.2, 0.25) is 5.02 Å². The molecule has 0 radical (unpaired) electrons. The summed E-state index contributed by atoms with van der Waals surface area (Å²) >= 11 is 6.19. The Morgan fingerprint density at radius 3 is 2.46 bits per heavy atom. The maximum absolute atomic E-state index is 12.6. The summed E-state index contributed by atoms with van der Waals surface area (Å²) in [5.74, 6) is -0.402. The van der Waals surface area contributed by atoms with Gasteiger partial charge in [-0.15, -0.1) is 0 Å². The van der Waals surface area contributed by atoms with Crippen molar-refractivity contribution in [2.24, 2.45) is 5.73 Å². The number of halogens is 1. The summed E-state index contributed by atoms with van der Waals surface area (Å²) in [5, 5.41) is 7.92. The van der Waals surface area contributed by atoms with Crippen LogP contribution in [0.4, 0.5) is 10.5 Å². The van der Waals surface area contributed by atoms with Crippen molar-refractivity contribution in [2.75, 3.05) is 31.6 Å². The molecule has 0 aliphatic carbocycles. The first-order valence-corrected chi connectivity index (χ1v) is 9.16. The molecule has 0 saturated carbocycles. The lowest BCUT2D eigenvalue weighted by Gasteiger charge is -2.18. The summed E-state index contributed by atoms with van der Waals surface area (Å²) in [4.78, 5) is 27.2. The molecule has 8 heteroatoms. The lowest BCUT2D eigenvalue weighted by Crippen LogP contribution is -2.33. The first-order valence-electron chi connectivity index (χ1n) is 8.78. The molecule has 28 heavy (non-hydrogen) atoms. The number of amidine groups is 1. The van der Waals surface area contributed by atoms with Crippen molar-refractivity contribution in [1.29, 1.82) is 5.41 Å². The topological polar surface area (TPSA) is 99.7 Å². The Morgan fingerprint density at radius 1 is 1.18 bits per heavy atom. The highest BCUT2D eigenvalue weighted by atomic mass is 35.5. The molecule has 146 valence electrons. The first-order chi connectivity index (χ1) is 13.4. The van der Waals surface area contributed by atoms with E-state index in [9.17, 15) is 9.59 Å². The molecule has 1 fully saturated rings. The Labute approximate surface area is 168 Å². The third kappa shape index (κ3) is 4.09. The normalized spacial score (nSPS) is 13.7. The number of nitrogens with two attached hydrogens (primary N) is 1. The number of hydrogen-bond acceptors (Lipinski definition) is 4. The highest BCUT2D eigenvalue weighted by Gasteiger charge is 2.29. The molecule has 1 heterocycles. The molecule has 0 spiro atoms. The number of anilines is 1. The Morgan fingerprint density at radius 2 is 1.86 bits per heavy atom. The zero-order valence-electron chi connectivity index (χ0n) is 15.4. The van der Waals surface area contributed by atoms with Gasteiger partial charge in [-0.25, -0.2) is 4.79 Å². The molecule has 0 aromatic heterocycles. The van der Waals surface area contributed by atoms with E-state index < -0.39 is 0 Å². The van der Waals surface area contributed by atoms with Gasteiger partial charge in [0, 0.05) is 30.9 Å². The largest absolute Gasteiger partial charge is 0.469 e. The monoisotopic (exact) mass is 400 g/mol. The molecule has 0 atom stereocenters. The van der Waals surface area contributed by atoms with Gasteiger partial charge in [-0.2, -0.15) is 0 Å². The summed E-state index contributed by atoms with van der Waals surface area (Å²) in [6.07, 6.45) is 0.187. The van der Waals surface area contributed by atoms with E-state index in [4.69, 9.17) is 22.7 Å². The molecular weight excluding hydrogens is 380 g/mol. The standard InChI is InChI=1S/C20H21ClN4O3/c1-28-18(26)8-9-24-10-11-25(20(24)27)15-5-2-13(3-6-15)14-4-7-16(19(22)23)17(21)12-14/h2-7,12H,8-11H2,1H3,(H3,22,23). The van der Waals surface area contributed by atoms with E-state index >= 15 is 0 Å². The number of hydrogen-bond donors (Lipinski definition) is 2. The maximum atomic E-state index is 12.6. The summed E-state index contributed by atoms with van der Waals surface area (Å²) in [6.45, 7) is 1.49. The molecule has 1 aliphatic heterocycles. The van der Waals surface area contributed by atoms with Crippen LogP contribution in [0.25, 0.3) is 11.1 Å². The number of nitrogens with one attached hydrogen (secondary N) is 1. The van der Waals surface area contributed by atoms with E-state index in [0.717, 1.165) is 16.8 Å². The third-order valence-corrected chi connectivity index (χ3v) is 4.99. The second-order valence-electron chi connectivity index (χ2n) is 6.40. The van der Waals surface area contributed by atoms with Gasteiger partial charge in [0.15, 0.2) is 0 Å². The SMILES string of the molecule is COC(=O)CCN1CCN(c2ccc(-c3ccc(C(=N)N)c(Cl)c3)cc2)C1=O. The number of amides is 2. The molecule has 0 unspecified atom stereocenters. The zero-order valence-corrected chi connectivity index (χ0v) is 16.2. The van der Waals surface area contributed by atoms with Gasteiger partial charge in [0.2, 0.25) is 0 Å². The minimum atomic E-state index is -0.329. The van der Waals surface area contributed by atoms with Gasteiger partial charge in [0.1, 0.15) is 5.84 Å². The molecule has 3 N–H and O–H groups in total. The second-order valence-corrected chi connectivity index (χ2v) is 6.81. The molecule has 2 amide bonds. The number of carbonyl (C=O) groups excluding carboxylic acids is 2. The number of esters is 1. The fourth-order valence-corrected chi connectivity index (χ4v) is 3.39. The van der Waals surface area contributed by atoms with Gasteiger partial charge in [-0.05, 0) is 35.4 Å². The number of benzene rings is 2. The van der Waals surface area contributed by atoms with Crippen LogP contribution >= 0.6 is 11.6 Å². The molecule has 7 nitrogen and oxygen atoms in total. The van der Waals surface area contributed by atoms with Crippen LogP contribution in [0, 0.1) is 5.41 Å². The summed E-state index contributed by atoms with van der Waals surface area (Å²) in [5.41, 5.74) is 8.62. The number of nitrogen functional groups attached to an aromatic ring is 1. The van der Waals surface area contributed by atoms with Gasteiger partial charge >= 0.3 is 12.0 Å². The van der Waals surface area contributed by atoms with Crippen molar-refractivity contribution >= 4 is 35.1 Å². The van der Waals surface area contributed by atoms with E-state index in [2.05, 4.69) is 4.74 Å². The lowest BCUT2D eigenvalue weighted by atomic mass is 10.0. The van der Waals surface area contributed by atoms with Crippen LogP contribution in [-0.2, 0) is 9.53 Å². The van der Waals surface area contributed by atoms with Crippen LogP contribution in [-0.4, -0.2) is 49.5 Å². The number of nitrogens with zero attached hydrogens (tertiary/aromatic N) is 2. The lowest BCUT2D eigenvalue weighted by molar-refractivity contribution is -0.140. The highest BCUT2D eigenvalue weighted by Crippen LogP contribution is 2.28. The quantitative estimate of drug-likeness (QED) is 0.442. The molecule has 0 bridgehead atoms. The predicted octanol–water partition coefficient (Wildman–Crippen LogP) is 3.10. The third-order valence-electron chi connectivity index (χ3n) is 4.68. The number of rotatable bonds is 6. The molecule has 1 aliphatic rings. The van der Waals surface area contributed by atoms with E-state index in [-0.39, 0.29) is 24.3 Å². The van der Waals surface area contributed by atoms with Crippen molar-refractivity contribution in [2.45, 2.75) is 6.42 Å². The highest BCUT2D eigenvalue weighted by molar-refractivity contribution is 6.34. The molecular formula is C20H21ClN4O3. The van der Waals surface area contributed by atoms with Crippen LogP contribution in [0.1, 0.15) is 12.0 Å². The minimum absolute atomic E-state index is 0.0730. The first kappa shape index (κ1) is 19.7. The summed E-state index contributed by atoms with van der Waals surface area (Å²) in [7, 11) is 1.34. The molecule has 1 saturated heterocycles. The fourth-order valence-electron chi connectivity index (χ4n) is 3.10. The fraction of sp³-hybridized carbons (Fsp3) is 0.250. The van der Waals surface area contributed by atoms with Crippen molar-refractivity contribution in [3.8, 4) is 11.1 Å². The van der Waals surface area contributed by atoms with Gasteiger partial charge in [0.25, 0.3) is 0 Å². The van der Waals surface area contributed by atoms with E-state index in [1.54, 1.807) is 21.9 Å². The number of methoxy groups -OCH3 is 1. The Balaban J connectivity index is 1.71. The average Bonchev–Trinajstić information content (AvgIpc) is 3.06. The van der Waals surface area contributed by atoms with Gasteiger partial charge in [-0.1, -0.05) is 29.8 Å². The van der Waals surface area contributed by atoms with Crippen molar-refractivity contribution in [1.82, 2.24) is 4.90 Å². The van der Waals surface area contributed by atoms with Crippen molar-refractivity contribution in [3.63, 3.8) is 0 Å². The van der Waals surface area contributed by atoms with Crippen molar-refractivity contribution < 1.29 is 14.3 Å². The summed E-state index contributed by atoms with van der Waals surface area (Å²) < 4.78 is 4.62. The average molecular weight is 401 g/mol. The Kier molecular flexibility index (Phi) is 5.84. The van der Waals surface area contributed by atoms with E-state index in [0.29, 0.717) is 30.2 Å². The summed E-state index contributed by atoms with van der Waals surface area (Å²) in [6, 6.07) is 12.8. The Bertz CT molecular complexity index is 914. The Hall–Kier alpha value is -3.06. The number of ether oxygens (including phenoxy) is 1. The van der Waals surface area contributed by atoms with Gasteiger partial charge in [-0.3, -0.25) is 15.1 Å². The van der Waals surface area contributed by atoms with E-state index in [1.165, 1.54) is 7.11 Å². The van der Waals surface area contributed by atoms with Crippen LogP contribution in [0.5, 0.6) is 0 Å². The van der Waals surface area contributed by atoms with E-state index in [1.807, 2.05) is 30.3 Å². The number of urea groups is 1. The van der Waals surface area contributed by atoms with Crippen LogP contribution in [0.15, 0.2) is 42.5 Å². The van der Waals surface area contributed by atoms with Gasteiger partial charge in [0.05, 0.1) is 18.6 Å². The maximum Gasteiger partial charge on any atom is 0.324 e. The predicted molar refractivity (Wildman–Crippen MR) is 109 cm³/mol. The van der Waals surface area contributed by atoms with Crippen LogP contribution in [0.3, 0.4) is 0 Å². The molecule has 2 aromatic rings. The molecule has 2 aromatic carbocycles. The second kappa shape index (κ2) is 8.31.